The molecule has 1 fully saturated rings. The summed E-state index contributed by atoms with van der Waals surface area (Å²) in [5.74, 6) is 0.152. The molecule has 0 aliphatic heterocycles. The molecular formula is C19H19ClO4S. The summed E-state index contributed by atoms with van der Waals surface area (Å²) >= 11 is 7.77. The minimum absolute atomic E-state index is 0.0574. The van der Waals surface area contributed by atoms with Gasteiger partial charge >= 0.3 is 0 Å². The van der Waals surface area contributed by atoms with Crippen LogP contribution in [0, 0.1) is 12.8 Å². The zero-order chi connectivity index (χ0) is 18.1. The first-order valence-corrected chi connectivity index (χ1v) is 9.35. The average Bonchev–Trinajstić information content (AvgIpc) is 3.38. The number of methoxy groups -OCH3 is 1. The molecule has 4 nitrogen and oxygen atoms in total. The predicted octanol–water partition coefficient (Wildman–Crippen LogP) is 4.95. The molecule has 0 radical (unpaired) electrons. The maximum absolute atomic E-state index is 13.1. The van der Waals surface area contributed by atoms with Gasteiger partial charge in [-0.2, -0.15) is 0 Å². The molecule has 25 heavy (non-hydrogen) atoms. The van der Waals surface area contributed by atoms with E-state index in [1.165, 1.54) is 17.6 Å². The first-order valence-electron chi connectivity index (χ1n) is 8.15. The highest BCUT2D eigenvalue weighted by Gasteiger charge is 2.35. The zero-order valence-electron chi connectivity index (χ0n) is 14.3. The molecule has 1 aliphatic rings. The molecule has 132 valence electrons. The molecular weight excluding hydrogens is 360 g/mol. The summed E-state index contributed by atoms with van der Waals surface area (Å²) in [5, 5.41) is 1.24. The highest BCUT2D eigenvalue weighted by atomic mass is 35.5. The molecule has 1 aliphatic carbocycles. The van der Waals surface area contributed by atoms with Gasteiger partial charge in [-0.25, -0.2) is 0 Å². The van der Waals surface area contributed by atoms with Crippen LogP contribution in [0.25, 0.3) is 10.1 Å². The number of hydrogen-bond donors (Lipinski definition) is 0. The Labute approximate surface area is 155 Å². The molecule has 0 unspecified atom stereocenters. The summed E-state index contributed by atoms with van der Waals surface area (Å²) in [6.07, 6.45) is 2.97. The standard InChI is InChI=1S/C19H19ClO4S/c1-4-24-9-13(16(21)11-5-6-11)17(22)12-7-8-14(20)15-18(23-3)10(2)25-19(12)15/h7-9,11H,4-6H2,1-3H3. The fourth-order valence-corrected chi connectivity index (χ4v) is 4.24. The Kier molecular flexibility index (Phi) is 5.16. The summed E-state index contributed by atoms with van der Waals surface area (Å²) in [6, 6.07) is 3.34. The van der Waals surface area contributed by atoms with Crippen molar-refractivity contribution in [2.75, 3.05) is 13.7 Å². The number of rotatable bonds is 7. The van der Waals surface area contributed by atoms with Crippen molar-refractivity contribution in [3.05, 3.63) is 39.4 Å². The van der Waals surface area contributed by atoms with Crippen molar-refractivity contribution < 1.29 is 19.1 Å². The molecule has 2 aromatic rings. The van der Waals surface area contributed by atoms with Crippen molar-refractivity contribution in [1.82, 2.24) is 0 Å². The van der Waals surface area contributed by atoms with Gasteiger partial charge in [-0.3, -0.25) is 9.59 Å². The highest BCUT2D eigenvalue weighted by molar-refractivity contribution is 7.20. The molecule has 0 saturated heterocycles. The van der Waals surface area contributed by atoms with Gasteiger partial charge in [0, 0.05) is 16.4 Å². The smallest absolute Gasteiger partial charge is 0.201 e. The van der Waals surface area contributed by atoms with Gasteiger partial charge in [0.05, 0.1) is 35.1 Å². The van der Waals surface area contributed by atoms with E-state index in [1.807, 2.05) is 13.8 Å². The van der Waals surface area contributed by atoms with Crippen molar-refractivity contribution in [3.8, 4) is 5.75 Å². The number of ether oxygens (including phenoxy) is 2. The lowest BCUT2D eigenvalue weighted by Crippen LogP contribution is -2.15. The highest BCUT2D eigenvalue weighted by Crippen LogP contribution is 2.43. The Morgan fingerprint density at radius 1 is 1.36 bits per heavy atom. The maximum atomic E-state index is 13.1. The first-order chi connectivity index (χ1) is 12.0. The molecule has 1 aromatic carbocycles. The molecule has 0 bridgehead atoms. The number of aryl methyl sites for hydroxylation is 1. The van der Waals surface area contributed by atoms with Gasteiger partial charge in [-0.1, -0.05) is 11.6 Å². The van der Waals surface area contributed by atoms with Crippen LogP contribution in [0.5, 0.6) is 5.75 Å². The van der Waals surface area contributed by atoms with E-state index in [2.05, 4.69) is 0 Å². The van der Waals surface area contributed by atoms with Gasteiger partial charge in [-0.15, -0.1) is 11.3 Å². The third-order valence-electron chi connectivity index (χ3n) is 4.18. The van der Waals surface area contributed by atoms with E-state index in [0.29, 0.717) is 28.3 Å². The van der Waals surface area contributed by atoms with E-state index < -0.39 is 0 Å². The minimum Gasteiger partial charge on any atom is -0.501 e. The van der Waals surface area contributed by atoms with E-state index in [1.54, 1.807) is 19.2 Å². The number of fused-ring (bicyclic) bond motifs is 1. The Balaban J connectivity index is 2.12. The normalized spacial score (nSPS) is 14.6. The molecule has 1 aromatic heterocycles. The Hall–Kier alpha value is -1.85. The van der Waals surface area contributed by atoms with Gasteiger partial charge in [0.15, 0.2) is 5.78 Å². The Bertz CT molecular complexity index is 877. The van der Waals surface area contributed by atoms with Crippen molar-refractivity contribution in [1.29, 1.82) is 0 Å². The molecule has 0 spiro atoms. The lowest BCUT2D eigenvalue weighted by molar-refractivity contribution is -0.116. The second-order valence-electron chi connectivity index (χ2n) is 5.95. The number of benzene rings is 1. The van der Waals surface area contributed by atoms with E-state index >= 15 is 0 Å². The number of thiophene rings is 1. The van der Waals surface area contributed by atoms with E-state index in [-0.39, 0.29) is 23.1 Å². The summed E-state index contributed by atoms with van der Waals surface area (Å²) in [6.45, 7) is 4.13. The van der Waals surface area contributed by atoms with Crippen LogP contribution in [0.15, 0.2) is 24.0 Å². The van der Waals surface area contributed by atoms with Gasteiger partial charge in [0.2, 0.25) is 5.78 Å². The number of carbonyl (C=O) groups is 2. The van der Waals surface area contributed by atoms with Crippen LogP contribution >= 0.6 is 22.9 Å². The Morgan fingerprint density at radius 2 is 2.08 bits per heavy atom. The molecule has 3 rings (SSSR count). The monoisotopic (exact) mass is 378 g/mol. The summed E-state index contributed by atoms with van der Waals surface area (Å²) < 4.78 is 11.4. The van der Waals surface area contributed by atoms with Crippen LogP contribution in [0.2, 0.25) is 5.02 Å². The van der Waals surface area contributed by atoms with Crippen LogP contribution < -0.4 is 4.74 Å². The quantitative estimate of drug-likeness (QED) is 0.225. The largest absolute Gasteiger partial charge is 0.501 e. The van der Waals surface area contributed by atoms with Gasteiger partial charge in [-0.05, 0) is 38.8 Å². The van der Waals surface area contributed by atoms with E-state index in [0.717, 1.165) is 22.4 Å². The fraction of sp³-hybridized carbons (Fsp3) is 0.368. The van der Waals surface area contributed by atoms with Crippen molar-refractivity contribution in [2.24, 2.45) is 5.92 Å². The molecule has 6 heteroatoms. The fourth-order valence-electron chi connectivity index (χ4n) is 2.78. The van der Waals surface area contributed by atoms with Crippen molar-refractivity contribution >= 4 is 44.6 Å². The summed E-state index contributed by atoms with van der Waals surface area (Å²) in [4.78, 5) is 26.6. The summed E-state index contributed by atoms with van der Waals surface area (Å²) in [5.41, 5.74) is 0.564. The number of hydrogen-bond acceptors (Lipinski definition) is 5. The SMILES string of the molecule is CCOC=C(C(=O)c1ccc(Cl)c2c(OC)c(C)sc12)C(=O)C1CC1. The van der Waals surface area contributed by atoms with Crippen molar-refractivity contribution in [2.45, 2.75) is 26.7 Å². The number of halogens is 1. The Morgan fingerprint density at radius 3 is 2.68 bits per heavy atom. The van der Waals surface area contributed by atoms with Crippen LogP contribution in [-0.4, -0.2) is 25.3 Å². The number of allylic oxidation sites excluding steroid dienone is 1. The van der Waals surface area contributed by atoms with Gasteiger partial charge in [0.25, 0.3) is 0 Å². The third kappa shape index (κ3) is 3.31. The van der Waals surface area contributed by atoms with Crippen LogP contribution in [0.4, 0.5) is 0 Å². The number of ketones is 2. The molecule has 0 atom stereocenters. The first kappa shape index (κ1) is 18.0. The van der Waals surface area contributed by atoms with Crippen LogP contribution in [0.1, 0.15) is 35.0 Å². The molecule has 0 N–H and O–H groups in total. The van der Waals surface area contributed by atoms with Gasteiger partial charge < -0.3 is 9.47 Å². The maximum Gasteiger partial charge on any atom is 0.201 e. The molecule has 0 amide bonds. The number of carbonyl (C=O) groups excluding carboxylic acids is 2. The molecule has 1 saturated carbocycles. The van der Waals surface area contributed by atoms with Crippen molar-refractivity contribution in [3.63, 3.8) is 0 Å². The second-order valence-corrected chi connectivity index (χ2v) is 7.58. The van der Waals surface area contributed by atoms with Gasteiger partial charge in [0.1, 0.15) is 11.3 Å². The van der Waals surface area contributed by atoms with E-state index in [9.17, 15) is 9.59 Å². The zero-order valence-corrected chi connectivity index (χ0v) is 15.9. The molecule has 1 heterocycles. The minimum atomic E-state index is -0.323. The summed E-state index contributed by atoms with van der Waals surface area (Å²) in [7, 11) is 1.58. The van der Waals surface area contributed by atoms with E-state index in [4.69, 9.17) is 21.1 Å². The topological polar surface area (TPSA) is 52.6 Å². The average molecular weight is 379 g/mol. The van der Waals surface area contributed by atoms with Crippen LogP contribution in [0.3, 0.4) is 0 Å². The third-order valence-corrected chi connectivity index (χ3v) is 5.62. The number of Topliss-reactive ketones (excluding diaryl/α,β-unsaturated/α-hetero) is 2. The lowest BCUT2D eigenvalue weighted by atomic mass is 9.97. The lowest BCUT2D eigenvalue weighted by Gasteiger charge is -2.08. The second kappa shape index (κ2) is 7.18. The van der Waals surface area contributed by atoms with Crippen LogP contribution in [-0.2, 0) is 9.53 Å². The predicted molar refractivity (Wildman–Crippen MR) is 99.9 cm³/mol.